The Balaban J connectivity index is 1.000. The molecule has 0 radical (unpaired) electrons. The first-order valence-electron chi connectivity index (χ1n) is 26.8. The number of carbonyl (C=O) groups excluding carboxylic acids is 5. The lowest BCUT2D eigenvalue weighted by Crippen LogP contribution is -2.29. The van der Waals surface area contributed by atoms with E-state index in [9.17, 15) is 24.0 Å². The molecule has 3 aromatic rings. The van der Waals surface area contributed by atoms with Crippen molar-refractivity contribution >= 4 is 47.2 Å². The van der Waals surface area contributed by atoms with Crippen molar-refractivity contribution in [2.75, 3.05) is 227 Å². The third-order valence-electron chi connectivity index (χ3n) is 10.5. The highest BCUT2D eigenvalue weighted by Gasteiger charge is 2.19. The van der Waals surface area contributed by atoms with Crippen LogP contribution in [0.15, 0.2) is 24.7 Å². The minimum atomic E-state index is -0.582. The van der Waals surface area contributed by atoms with E-state index in [1.54, 1.807) is 27.3 Å². The molecule has 0 saturated heterocycles. The van der Waals surface area contributed by atoms with Gasteiger partial charge in [-0.1, -0.05) is 0 Å². The number of carbonyl (C=O) groups is 5. The molecule has 3 rings (SSSR count). The number of aryl methyl sites for hydroxylation is 3. The van der Waals surface area contributed by atoms with Gasteiger partial charge in [-0.2, -0.15) is 0 Å². The lowest BCUT2D eigenvalue weighted by Gasteiger charge is -2.09. The van der Waals surface area contributed by atoms with Crippen LogP contribution >= 0.6 is 0 Å². The van der Waals surface area contributed by atoms with Crippen LogP contribution in [0, 0.1) is 0 Å². The Morgan fingerprint density at radius 3 is 1.19 bits per heavy atom. The first-order chi connectivity index (χ1) is 39.6. The van der Waals surface area contributed by atoms with Crippen LogP contribution in [0.5, 0.6) is 0 Å². The predicted molar refractivity (Wildman–Crippen MR) is 291 cm³/mol. The summed E-state index contributed by atoms with van der Waals surface area (Å²) in [6.07, 6.45) is 5.04. The predicted octanol–water partition coefficient (Wildman–Crippen LogP) is -0.538. The molecule has 3 heterocycles. The van der Waals surface area contributed by atoms with Gasteiger partial charge in [-0.3, -0.25) is 24.0 Å². The quantitative estimate of drug-likeness (QED) is 0.0350. The second-order valence-electron chi connectivity index (χ2n) is 17.0. The number of anilines is 3. The molecule has 0 unspecified atom stereocenters. The highest BCUT2D eigenvalue weighted by molar-refractivity contribution is 6.03. The Kier molecular flexibility index (Phi) is 40.7. The van der Waals surface area contributed by atoms with Gasteiger partial charge in [0.1, 0.15) is 12.3 Å². The number of aldehydes is 1. The number of hydrogen-bond donors (Lipinski definition) is 5. The van der Waals surface area contributed by atoms with Crippen LogP contribution in [-0.4, -0.2) is 265 Å². The molecule has 0 atom stereocenters. The first kappa shape index (κ1) is 69.9. The van der Waals surface area contributed by atoms with Crippen LogP contribution in [0.2, 0.25) is 0 Å². The van der Waals surface area contributed by atoms with Gasteiger partial charge >= 0.3 is 0 Å². The second kappa shape index (κ2) is 47.1. The summed E-state index contributed by atoms with van der Waals surface area (Å²) in [7, 11) is 4.84. The molecule has 81 heavy (non-hydrogen) atoms. The molecule has 30 nitrogen and oxygen atoms in total. The van der Waals surface area contributed by atoms with Crippen molar-refractivity contribution in [1.29, 1.82) is 0 Å². The number of imidazole rings is 2. The van der Waals surface area contributed by atoms with Crippen molar-refractivity contribution in [3.8, 4) is 0 Å². The Morgan fingerprint density at radius 1 is 0.444 bits per heavy atom. The van der Waals surface area contributed by atoms with E-state index in [-0.39, 0.29) is 61.8 Å². The van der Waals surface area contributed by atoms with E-state index in [4.69, 9.17) is 76.8 Å². The Hall–Kier alpha value is -5.39. The second-order valence-corrected chi connectivity index (χ2v) is 17.0. The van der Waals surface area contributed by atoms with Gasteiger partial charge in [0.2, 0.25) is 11.7 Å². The zero-order valence-electron chi connectivity index (χ0n) is 47.2. The van der Waals surface area contributed by atoms with Crippen LogP contribution in [-0.2, 0) is 102 Å². The summed E-state index contributed by atoms with van der Waals surface area (Å²) in [6, 6.07) is 1.47. The van der Waals surface area contributed by atoms with Gasteiger partial charge in [0.25, 0.3) is 17.7 Å². The average Bonchev–Trinajstić information content (AvgIpc) is 4.16. The van der Waals surface area contributed by atoms with E-state index in [0.29, 0.717) is 197 Å². The third-order valence-corrected chi connectivity index (χ3v) is 10.5. The van der Waals surface area contributed by atoms with Crippen molar-refractivity contribution in [2.45, 2.75) is 6.42 Å². The van der Waals surface area contributed by atoms with E-state index >= 15 is 0 Å². The van der Waals surface area contributed by atoms with Crippen molar-refractivity contribution < 1.29 is 95.0 Å². The summed E-state index contributed by atoms with van der Waals surface area (Å²) in [6.45, 7) is 13.2. The van der Waals surface area contributed by atoms with Crippen molar-refractivity contribution in [2.24, 2.45) is 26.9 Å². The average molecular weight is 1160 g/mol. The largest absolute Gasteiger partial charge is 0.378 e. The molecule has 0 aliphatic carbocycles. The maximum atomic E-state index is 13.1. The van der Waals surface area contributed by atoms with Crippen molar-refractivity contribution in [3.05, 3.63) is 42.0 Å². The highest BCUT2D eigenvalue weighted by atomic mass is 16.6. The van der Waals surface area contributed by atoms with Gasteiger partial charge in [-0.15, -0.1) is 0 Å². The fourth-order valence-electron chi connectivity index (χ4n) is 6.52. The Bertz CT molecular complexity index is 2130. The molecule has 0 aliphatic rings. The van der Waals surface area contributed by atoms with Crippen molar-refractivity contribution in [3.63, 3.8) is 0 Å². The van der Waals surface area contributed by atoms with E-state index in [2.05, 4.69) is 31.2 Å². The first-order valence-corrected chi connectivity index (χ1v) is 26.8. The third kappa shape index (κ3) is 35.3. The Labute approximate surface area is 472 Å². The summed E-state index contributed by atoms with van der Waals surface area (Å²) in [5.41, 5.74) is 5.89. The number of nitrogens with one attached hydrogen (secondary N) is 4. The molecular formula is C51H86N10O20. The number of nitrogens with zero attached hydrogens (tertiary/aromatic N) is 5. The van der Waals surface area contributed by atoms with Crippen LogP contribution in [0.1, 0.15) is 38.1 Å². The molecule has 30 heteroatoms. The fraction of sp³-hybridized carbons (Fsp3) is 0.706. The van der Waals surface area contributed by atoms with Crippen LogP contribution < -0.4 is 27.0 Å². The lowest BCUT2D eigenvalue weighted by molar-refractivity contribution is -0.121. The molecule has 0 fully saturated rings. The number of hydrogen-bond acceptors (Lipinski definition) is 23. The molecule has 4 amide bonds. The van der Waals surface area contributed by atoms with Gasteiger partial charge in [0, 0.05) is 59.2 Å². The molecular weight excluding hydrogens is 1070 g/mol. The van der Waals surface area contributed by atoms with Gasteiger partial charge < -0.3 is 112 Å². The molecule has 3 aromatic heterocycles. The normalized spacial score (nSPS) is 11.4. The standard InChI is InChI=1S/C51H86N10O20/c1-59-37-42(36-43(59)50(65)53-6-4-47(63)56-44-38-60(2)46(40-62)55-44)54-51(66)49-58-45(39-61(49)3)57-48(64)41-81-35-34-80-33-32-79-31-30-78-29-28-77-27-26-76-25-24-75-23-22-74-21-20-73-19-18-72-17-16-71-15-14-70-13-12-69-11-10-68-9-8-67-7-5-52/h36-40H,4-35,41,52H2,1-3H3,(H,53,65)(H,54,66)(H,56,63)(H,57,64). The molecule has 460 valence electrons. The molecule has 0 spiro atoms. The van der Waals surface area contributed by atoms with Crippen molar-refractivity contribution in [1.82, 2.24) is 29.0 Å². The minimum absolute atomic E-state index is 0.00214. The number of aromatic nitrogens is 5. The number of rotatable bonds is 55. The van der Waals surface area contributed by atoms with Gasteiger partial charge in [-0.05, 0) is 6.07 Å². The zero-order valence-corrected chi connectivity index (χ0v) is 47.2. The summed E-state index contributed by atoms with van der Waals surface area (Å²) in [4.78, 5) is 69.8. The van der Waals surface area contributed by atoms with E-state index < -0.39 is 23.6 Å². The lowest BCUT2D eigenvalue weighted by atomic mass is 10.3. The smallest absolute Gasteiger partial charge is 0.291 e. The van der Waals surface area contributed by atoms with E-state index in [1.807, 2.05) is 0 Å². The van der Waals surface area contributed by atoms with Crippen LogP contribution in [0.25, 0.3) is 0 Å². The van der Waals surface area contributed by atoms with Crippen LogP contribution in [0.3, 0.4) is 0 Å². The van der Waals surface area contributed by atoms with Crippen LogP contribution in [0.4, 0.5) is 17.3 Å². The van der Waals surface area contributed by atoms with Gasteiger partial charge in [0.15, 0.2) is 23.7 Å². The SMILES string of the molecule is Cn1cc(NC(=O)c2nc(NC(=O)COCCOCCOCCOCCOCCOCCOCCOCCOCCOCCOCCOCCOCCOCCOCCN)cn2C)cc1C(=O)NCCC(=O)Nc1cn(C)c(C=O)n1. The van der Waals surface area contributed by atoms with Gasteiger partial charge in [-0.25, -0.2) is 9.97 Å². The molecule has 0 saturated carbocycles. The number of ether oxygens (including phenoxy) is 15. The molecule has 0 bridgehead atoms. The Morgan fingerprint density at radius 2 is 0.802 bits per heavy atom. The van der Waals surface area contributed by atoms with E-state index in [0.717, 1.165) is 0 Å². The maximum absolute atomic E-state index is 13.1. The summed E-state index contributed by atoms with van der Waals surface area (Å²) in [5.74, 6) is -1.41. The topological polar surface area (TPSA) is 339 Å². The highest BCUT2D eigenvalue weighted by Crippen LogP contribution is 2.16. The maximum Gasteiger partial charge on any atom is 0.291 e. The summed E-state index contributed by atoms with van der Waals surface area (Å²) in [5, 5.41) is 10.5. The number of amides is 4. The summed E-state index contributed by atoms with van der Waals surface area (Å²) < 4.78 is 86.3. The number of nitrogens with two attached hydrogens (primary N) is 1. The monoisotopic (exact) mass is 1160 g/mol. The minimum Gasteiger partial charge on any atom is -0.378 e. The molecule has 0 aromatic carbocycles. The zero-order chi connectivity index (χ0) is 58.2. The fourth-order valence-corrected chi connectivity index (χ4v) is 6.52. The molecule has 0 aliphatic heterocycles. The van der Waals surface area contributed by atoms with E-state index in [1.165, 1.54) is 32.2 Å². The summed E-state index contributed by atoms with van der Waals surface area (Å²) >= 11 is 0. The van der Waals surface area contributed by atoms with Gasteiger partial charge in [0.05, 0.1) is 197 Å². The molecule has 6 N–H and O–H groups in total.